The number of nitrogens with zero attached hydrogens (tertiary/aromatic N) is 1. The highest BCUT2D eigenvalue weighted by Gasteiger charge is 2.22. The van der Waals surface area contributed by atoms with Crippen molar-refractivity contribution in [3.63, 3.8) is 0 Å². The van der Waals surface area contributed by atoms with Gasteiger partial charge in [0.05, 0.1) is 12.1 Å². The normalized spacial score (nSPS) is 10.6. The van der Waals surface area contributed by atoms with Crippen LogP contribution in [0, 0.1) is 0 Å². The molecule has 0 fully saturated rings. The van der Waals surface area contributed by atoms with Gasteiger partial charge in [0.1, 0.15) is 17.9 Å². The van der Waals surface area contributed by atoms with Crippen LogP contribution in [0.5, 0.6) is 5.75 Å². The van der Waals surface area contributed by atoms with E-state index >= 15 is 0 Å². The zero-order valence-corrected chi connectivity index (χ0v) is 15.6. The van der Waals surface area contributed by atoms with Crippen LogP contribution in [0.3, 0.4) is 0 Å². The van der Waals surface area contributed by atoms with Crippen molar-refractivity contribution < 1.29 is 19.4 Å². The lowest BCUT2D eigenvalue weighted by molar-refractivity contribution is -0.141. The van der Waals surface area contributed by atoms with Gasteiger partial charge < -0.3 is 19.7 Å². The van der Waals surface area contributed by atoms with Crippen LogP contribution in [0.2, 0.25) is 0 Å². The molecule has 0 aliphatic carbocycles. The minimum atomic E-state index is -0.835. The Morgan fingerprint density at radius 3 is 2.50 bits per heavy atom. The monoisotopic (exact) mass is 380 g/mol. The van der Waals surface area contributed by atoms with Gasteiger partial charge in [-0.25, -0.2) is 0 Å². The molecular formula is C21H20N2O5. The van der Waals surface area contributed by atoms with E-state index in [0.29, 0.717) is 10.9 Å². The van der Waals surface area contributed by atoms with E-state index in [4.69, 9.17) is 4.74 Å². The first-order valence-corrected chi connectivity index (χ1v) is 8.79. The van der Waals surface area contributed by atoms with Crippen LogP contribution in [-0.2, 0) is 16.6 Å². The van der Waals surface area contributed by atoms with Crippen molar-refractivity contribution in [2.75, 3.05) is 13.2 Å². The van der Waals surface area contributed by atoms with Crippen LogP contribution in [-0.4, -0.2) is 34.7 Å². The van der Waals surface area contributed by atoms with Gasteiger partial charge in [0.2, 0.25) is 0 Å². The number of carbonyl (C=O) groups excluding carboxylic acids is 2. The molecule has 0 aliphatic heterocycles. The van der Waals surface area contributed by atoms with Crippen molar-refractivity contribution in [3.8, 4) is 16.9 Å². The number of fused-ring (bicyclic) bond motifs is 1. The first-order valence-electron chi connectivity index (χ1n) is 8.79. The van der Waals surface area contributed by atoms with Crippen LogP contribution >= 0.6 is 0 Å². The minimum absolute atomic E-state index is 0.181. The second-order valence-corrected chi connectivity index (χ2v) is 6.17. The number of benzene rings is 2. The second kappa shape index (κ2) is 7.96. The molecule has 0 saturated heterocycles. The molecule has 2 N–H and O–H groups in total. The molecule has 0 spiro atoms. The molecule has 7 heteroatoms. The molecule has 7 nitrogen and oxygen atoms in total. The number of esters is 1. The Bertz CT molecular complexity index is 1100. The van der Waals surface area contributed by atoms with Crippen molar-refractivity contribution in [1.82, 2.24) is 9.88 Å². The van der Waals surface area contributed by atoms with Gasteiger partial charge in [-0.1, -0.05) is 36.4 Å². The number of amides is 1. The molecule has 28 heavy (non-hydrogen) atoms. The second-order valence-electron chi connectivity index (χ2n) is 6.17. The van der Waals surface area contributed by atoms with E-state index in [9.17, 15) is 19.5 Å². The molecule has 0 radical (unpaired) electrons. The van der Waals surface area contributed by atoms with Gasteiger partial charge in [0.25, 0.3) is 11.5 Å². The molecule has 3 rings (SSSR count). The average molecular weight is 380 g/mol. The SMILES string of the molecule is CCOC(=O)CNC(=O)c1c(O)c2cc(-c3ccccc3)ccc2n(C)c1=O. The van der Waals surface area contributed by atoms with Crippen molar-refractivity contribution in [2.45, 2.75) is 6.92 Å². The molecule has 0 saturated carbocycles. The van der Waals surface area contributed by atoms with E-state index in [1.54, 1.807) is 19.1 Å². The summed E-state index contributed by atoms with van der Waals surface area (Å²) < 4.78 is 6.04. The molecule has 2 aromatic carbocycles. The standard InChI is InChI=1S/C21H20N2O5/c1-3-28-17(24)12-22-20(26)18-19(25)15-11-14(13-7-5-4-6-8-13)9-10-16(15)23(2)21(18)27/h4-11,25H,3,12H2,1-2H3,(H,22,26). The zero-order valence-electron chi connectivity index (χ0n) is 15.6. The van der Waals surface area contributed by atoms with Gasteiger partial charge in [0, 0.05) is 12.4 Å². The molecule has 0 aliphatic rings. The van der Waals surface area contributed by atoms with E-state index < -0.39 is 35.3 Å². The summed E-state index contributed by atoms with van der Waals surface area (Å²) in [7, 11) is 1.52. The van der Waals surface area contributed by atoms with Crippen molar-refractivity contribution in [3.05, 3.63) is 64.4 Å². The Morgan fingerprint density at radius 2 is 1.82 bits per heavy atom. The molecule has 1 aromatic heterocycles. The molecule has 144 valence electrons. The van der Waals surface area contributed by atoms with Crippen molar-refractivity contribution in [1.29, 1.82) is 0 Å². The predicted molar refractivity (Wildman–Crippen MR) is 105 cm³/mol. The minimum Gasteiger partial charge on any atom is -0.506 e. The number of ether oxygens (including phenoxy) is 1. The van der Waals surface area contributed by atoms with Crippen molar-refractivity contribution in [2.24, 2.45) is 7.05 Å². The molecule has 0 atom stereocenters. The summed E-state index contributed by atoms with van der Waals surface area (Å²) >= 11 is 0. The highest BCUT2D eigenvalue weighted by atomic mass is 16.5. The largest absolute Gasteiger partial charge is 0.506 e. The lowest BCUT2D eigenvalue weighted by Crippen LogP contribution is -2.35. The topological polar surface area (TPSA) is 97.6 Å². The Labute approximate surface area is 161 Å². The highest BCUT2D eigenvalue weighted by molar-refractivity contribution is 6.03. The molecule has 0 bridgehead atoms. The van der Waals surface area contributed by atoms with E-state index in [1.807, 2.05) is 36.4 Å². The lowest BCUT2D eigenvalue weighted by atomic mass is 10.0. The smallest absolute Gasteiger partial charge is 0.325 e. The zero-order chi connectivity index (χ0) is 20.3. The first-order chi connectivity index (χ1) is 13.4. The number of pyridine rings is 1. The number of nitrogens with one attached hydrogen (secondary N) is 1. The predicted octanol–water partition coefficient (Wildman–Crippen LogP) is 2.20. The summed E-state index contributed by atoms with van der Waals surface area (Å²) in [4.78, 5) is 36.5. The van der Waals surface area contributed by atoms with Crippen LogP contribution in [0.1, 0.15) is 17.3 Å². The molecule has 3 aromatic rings. The Kier molecular flexibility index (Phi) is 5.44. The summed E-state index contributed by atoms with van der Waals surface area (Å²) in [5.74, 6) is -1.88. The third-order valence-electron chi connectivity index (χ3n) is 4.40. The van der Waals surface area contributed by atoms with E-state index in [1.165, 1.54) is 11.6 Å². The fourth-order valence-electron chi connectivity index (χ4n) is 3.00. The quantitative estimate of drug-likeness (QED) is 0.662. The maximum atomic E-state index is 12.6. The number of hydrogen-bond acceptors (Lipinski definition) is 5. The molecule has 1 amide bonds. The maximum absolute atomic E-state index is 12.6. The molecule has 1 heterocycles. The maximum Gasteiger partial charge on any atom is 0.325 e. The van der Waals surface area contributed by atoms with Crippen LogP contribution in [0.15, 0.2) is 53.3 Å². The van der Waals surface area contributed by atoms with Crippen molar-refractivity contribution >= 4 is 22.8 Å². The van der Waals surface area contributed by atoms with Gasteiger partial charge in [-0.2, -0.15) is 0 Å². The van der Waals surface area contributed by atoms with Crippen LogP contribution < -0.4 is 10.9 Å². The Balaban J connectivity index is 2.07. The van der Waals surface area contributed by atoms with Gasteiger partial charge in [-0.15, -0.1) is 0 Å². The number of rotatable bonds is 5. The van der Waals surface area contributed by atoms with Gasteiger partial charge in [-0.05, 0) is 30.2 Å². The number of aromatic nitrogens is 1. The third-order valence-corrected chi connectivity index (χ3v) is 4.40. The highest BCUT2D eigenvalue weighted by Crippen LogP contribution is 2.30. The van der Waals surface area contributed by atoms with E-state index in [0.717, 1.165) is 11.1 Å². The Morgan fingerprint density at radius 1 is 1.11 bits per heavy atom. The van der Waals surface area contributed by atoms with Gasteiger partial charge in [0.15, 0.2) is 0 Å². The lowest BCUT2D eigenvalue weighted by Gasteiger charge is -2.13. The number of aromatic hydroxyl groups is 1. The van der Waals surface area contributed by atoms with Gasteiger partial charge >= 0.3 is 5.97 Å². The first kappa shape index (κ1) is 19.2. The van der Waals surface area contributed by atoms with E-state index in [-0.39, 0.29) is 6.61 Å². The summed E-state index contributed by atoms with van der Waals surface area (Å²) in [6.07, 6.45) is 0. The Hall–Kier alpha value is -3.61. The summed E-state index contributed by atoms with van der Waals surface area (Å²) in [5, 5.41) is 13.4. The van der Waals surface area contributed by atoms with Crippen LogP contribution in [0.25, 0.3) is 22.0 Å². The number of carbonyl (C=O) groups is 2. The average Bonchev–Trinajstić information content (AvgIpc) is 2.71. The summed E-state index contributed by atoms with van der Waals surface area (Å²) in [5.41, 5.74) is 1.19. The van der Waals surface area contributed by atoms with Crippen LogP contribution in [0.4, 0.5) is 0 Å². The molecule has 0 unspecified atom stereocenters. The fraction of sp³-hybridized carbons (Fsp3) is 0.190. The van der Waals surface area contributed by atoms with Gasteiger partial charge in [-0.3, -0.25) is 14.4 Å². The number of hydrogen-bond donors (Lipinski definition) is 2. The summed E-state index contributed by atoms with van der Waals surface area (Å²) in [6.45, 7) is 1.44. The third kappa shape index (κ3) is 3.59. The van der Waals surface area contributed by atoms with E-state index in [2.05, 4.69) is 5.32 Å². The number of aryl methyl sites for hydroxylation is 1. The summed E-state index contributed by atoms with van der Waals surface area (Å²) in [6, 6.07) is 14.8. The fourth-order valence-corrected chi connectivity index (χ4v) is 3.00. The molecular weight excluding hydrogens is 360 g/mol.